The second-order valence-electron chi connectivity index (χ2n) is 5.06. The van der Waals surface area contributed by atoms with Gasteiger partial charge in [-0.15, -0.1) is 0 Å². The fourth-order valence-corrected chi connectivity index (χ4v) is 4.82. The standard InChI is InChI=1S/C13H21BrN2O4S/c1-3-15-8-9-7-12(13(14)20-9)21(17,18)16-10-5-4-6-11(10)19-2/h7,10-11,15-16H,3-6,8H2,1-2H3. The molecule has 1 fully saturated rings. The Morgan fingerprint density at radius 2 is 2.24 bits per heavy atom. The van der Waals surface area contributed by atoms with Crippen molar-refractivity contribution >= 4 is 26.0 Å². The fraction of sp³-hybridized carbons (Fsp3) is 0.692. The lowest BCUT2D eigenvalue weighted by Crippen LogP contribution is -2.40. The summed E-state index contributed by atoms with van der Waals surface area (Å²) in [5.74, 6) is 0.582. The van der Waals surface area contributed by atoms with E-state index in [0.717, 1.165) is 25.8 Å². The first-order chi connectivity index (χ1) is 9.97. The third kappa shape index (κ3) is 4.07. The van der Waals surface area contributed by atoms with Gasteiger partial charge < -0.3 is 14.5 Å². The van der Waals surface area contributed by atoms with Gasteiger partial charge in [0.1, 0.15) is 10.7 Å². The van der Waals surface area contributed by atoms with Gasteiger partial charge in [-0.3, -0.25) is 0 Å². The molecule has 1 aromatic rings. The molecule has 1 aliphatic rings. The lowest BCUT2D eigenvalue weighted by Gasteiger charge is -2.19. The number of hydrogen-bond donors (Lipinski definition) is 2. The van der Waals surface area contributed by atoms with E-state index in [2.05, 4.69) is 26.0 Å². The average molecular weight is 381 g/mol. The van der Waals surface area contributed by atoms with Gasteiger partial charge in [-0.25, -0.2) is 13.1 Å². The quantitative estimate of drug-likeness (QED) is 0.755. The zero-order valence-corrected chi connectivity index (χ0v) is 14.6. The van der Waals surface area contributed by atoms with E-state index in [1.54, 1.807) is 13.2 Å². The monoisotopic (exact) mass is 380 g/mol. The first-order valence-corrected chi connectivity index (χ1v) is 9.29. The minimum Gasteiger partial charge on any atom is -0.452 e. The molecule has 0 aromatic carbocycles. The van der Waals surface area contributed by atoms with Crippen LogP contribution in [0, 0.1) is 0 Å². The minimum absolute atomic E-state index is 0.0633. The summed E-state index contributed by atoms with van der Waals surface area (Å²) in [6.07, 6.45) is 2.57. The largest absolute Gasteiger partial charge is 0.452 e. The second kappa shape index (κ2) is 7.23. The maximum atomic E-state index is 12.5. The normalized spacial score (nSPS) is 22.8. The van der Waals surface area contributed by atoms with E-state index in [-0.39, 0.29) is 21.7 Å². The molecule has 2 atom stereocenters. The Bertz CT molecular complexity index is 573. The maximum Gasteiger partial charge on any atom is 0.245 e. The molecule has 0 aliphatic heterocycles. The molecular formula is C13H21BrN2O4S. The Balaban J connectivity index is 2.13. The van der Waals surface area contributed by atoms with Gasteiger partial charge in [-0.2, -0.15) is 0 Å². The molecule has 2 rings (SSSR count). The van der Waals surface area contributed by atoms with Gasteiger partial charge in [0.2, 0.25) is 10.0 Å². The fourth-order valence-electron chi connectivity index (χ4n) is 2.52. The van der Waals surface area contributed by atoms with Crippen molar-refractivity contribution in [1.82, 2.24) is 10.0 Å². The van der Waals surface area contributed by atoms with Gasteiger partial charge in [0.05, 0.1) is 12.6 Å². The summed E-state index contributed by atoms with van der Waals surface area (Å²) < 4.78 is 38.7. The summed E-state index contributed by atoms with van der Waals surface area (Å²) in [7, 11) is -2.01. The highest BCUT2D eigenvalue weighted by Gasteiger charge is 2.33. The Kier molecular flexibility index (Phi) is 5.84. The zero-order valence-electron chi connectivity index (χ0n) is 12.2. The van der Waals surface area contributed by atoms with Crippen molar-refractivity contribution in [3.63, 3.8) is 0 Å². The van der Waals surface area contributed by atoms with Crippen LogP contribution >= 0.6 is 15.9 Å². The van der Waals surface area contributed by atoms with Crippen molar-refractivity contribution in [3.05, 3.63) is 16.5 Å². The molecule has 120 valence electrons. The number of ether oxygens (including phenoxy) is 1. The number of halogens is 1. The Morgan fingerprint density at radius 3 is 2.90 bits per heavy atom. The molecular weight excluding hydrogens is 360 g/mol. The number of rotatable bonds is 7. The number of nitrogens with one attached hydrogen (secondary N) is 2. The van der Waals surface area contributed by atoms with Crippen molar-refractivity contribution in [2.45, 2.75) is 49.8 Å². The Hall–Kier alpha value is -0.410. The van der Waals surface area contributed by atoms with Crippen molar-refractivity contribution in [2.75, 3.05) is 13.7 Å². The topological polar surface area (TPSA) is 80.6 Å². The van der Waals surface area contributed by atoms with Crippen LogP contribution in [0.3, 0.4) is 0 Å². The summed E-state index contributed by atoms with van der Waals surface area (Å²) >= 11 is 3.18. The molecule has 2 unspecified atom stereocenters. The maximum absolute atomic E-state index is 12.5. The minimum atomic E-state index is -3.62. The van der Waals surface area contributed by atoms with Gasteiger partial charge >= 0.3 is 0 Å². The molecule has 0 radical (unpaired) electrons. The first kappa shape index (κ1) is 17.0. The van der Waals surface area contributed by atoms with Gasteiger partial charge in [0.25, 0.3) is 0 Å². The van der Waals surface area contributed by atoms with E-state index in [1.807, 2.05) is 6.92 Å². The van der Waals surface area contributed by atoms with Crippen molar-refractivity contribution in [1.29, 1.82) is 0 Å². The van der Waals surface area contributed by atoms with E-state index in [9.17, 15) is 8.42 Å². The molecule has 6 nitrogen and oxygen atoms in total. The van der Waals surface area contributed by atoms with Crippen molar-refractivity contribution in [2.24, 2.45) is 0 Å². The predicted molar refractivity (Wildman–Crippen MR) is 82.5 cm³/mol. The van der Waals surface area contributed by atoms with E-state index < -0.39 is 10.0 Å². The van der Waals surface area contributed by atoms with Crippen LogP contribution in [0.2, 0.25) is 0 Å². The van der Waals surface area contributed by atoms with Crippen LogP contribution < -0.4 is 10.0 Å². The van der Waals surface area contributed by atoms with Crippen LogP contribution in [0.15, 0.2) is 20.0 Å². The van der Waals surface area contributed by atoms with Crippen LogP contribution in [0.5, 0.6) is 0 Å². The highest BCUT2D eigenvalue weighted by Crippen LogP contribution is 2.28. The molecule has 1 heterocycles. The summed E-state index contributed by atoms with van der Waals surface area (Å²) in [4.78, 5) is 0.136. The molecule has 0 amide bonds. The second-order valence-corrected chi connectivity index (χ2v) is 7.47. The van der Waals surface area contributed by atoms with Gasteiger partial charge in [0.15, 0.2) is 4.67 Å². The predicted octanol–water partition coefficient (Wildman–Crippen LogP) is 2.00. The zero-order chi connectivity index (χ0) is 15.5. The van der Waals surface area contributed by atoms with E-state index in [0.29, 0.717) is 12.3 Å². The number of sulfonamides is 1. The molecule has 1 aromatic heterocycles. The molecule has 1 saturated carbocycles. The summed E-state index contributed by atoms with van der Waals surface area (Å²) in [6, 6.07) is 1.37. The highest BCUT2D eigenvalue weighted by molar-refractivity contribution is 9.10. The van der Waals surface area contributed by atoms with Crippen LogP contribution in [0.4, 0.5) is 0 Å². The average Bonchev–Trinajstić information content (AvgIpc) is 3.02. The van der Waals surface area contributed by atoms with Crippen LogP contribution in [-0.4, -0.2) is 34.2 Å². The van der Waals surface area contributed by atoms with Crippen molar-refractivity contribution < 1.29 is 17.6 Å². The Labute approximate surface area is 133 Å². The van der Waals surface area contributed by atoms with Gasteiger partial charge in [-0.05, 0) is 41.7 Å². The summed E-state index contributed by atoms with van der Waals surface area (Å²) in [6.45, 7) is 3.26. The Morgan fingerprint density at radius 1 is 1.48 bits per heavy atom. The summed E-state index contributed by atoms with van der Waals surface area (Å²) in [5, 5.41) is 3.10. The lowest BCUT2D eigenvalue weighted by molar-refractivity contribution is 0.0916. The SMILES string of the molecule is CCNCc1cc(S(=O)(=O)NC2CCCC2OC)c(Br)o1. The molecule has 1 aliphatic carbocycles. The first-order valence-electron chi connectivity index (χ1n) is 7.02. The molecule has 0 bridgehead atoms. The number of methoxy groups -OCH3 is 1. The number of hydrogen-bond acceptors (Lipinski definition) is 5. The van der Waals surface area contributed by atoms with Gasteiger partial charge in [-0.1, -0.05) is 6.92 Å². The molecule has 0 spiro atoms. The third-order valence-corrected chi connectivity index (χ3v) is 5.95. The van der Waals surface area contributed by atoms with E-state index in [4.69, 9.17) is 9.15 Å². The third-order valence-electron chi connectivity index (χ3n) is 3.61. The molecule has 2 N–H and O–H groups in total. The van der Waals surface area contributed by atoms with E-state index >= 15 is 0 Å². The summed E-state index contributed by atoms with van der Waals surface area (Å²) in [5.41, 5.74) is 0. The molecule has 21 heavy (non-hydrogen) atoms. The highest BCUT2D eigenvalue weighted by atomic mass is 79.9. The molecule has 8 heteroatoms. The smallest absolute Gasteiger partial charge is 0.245 e. The van der Waals surface area contributed by atoms with Gasteiger partial charge in [0, 0.05) is 19.2 Å². The van der Waals surface area contributed by atoms with Crippen LogP contribution in [0.1, 0.15) is 31.9 Å². The van der Waals surface area contributed by atoms with E-state index in [1.165, 1.54) is 0 Å². The van der Waals surface area contributed by atoms with Crippen LogP contribution in [-0.2, 0) is 21.3 Å². The molecule has 0 saturated heterocycles. The number of furan rings is 1. The van der Waals surface area contributed by atoms with Crippen molar-refractivity contribution in [3.8, 4) is 0 Å². The lowest BCUT2D eigenvalue weighted by atomic mass is 10.2. The van der Waals surface area contributed by atoms with Crippen LogP contribution in [0.25, 0.3) is 0 Å².